The van der Waals surface area contributed by atoms with E-state index in [1.54, 1.807) is 24.3 Å². The molecule has 2 heterocycles. The third kappa shape index (κ3) is 5.04. The Morgan fingerprint density at radius 1 is 1.03 bits per heavy atom. The third-order valence-electron chi connectivity index (χ3n) is 4.88. The smallest absolute Gasteiger partial charge is 0.338 e. The first-order chi connectivity index (χ1) is 15.1. The second kappa shape index (κ2) is 9.35. The zero-order valence-electron chi connectivity index (χ0n) is 17.0. The molecule has 1 N–H and O–H groups in total. The van der Waals surface area contributed by atoms with Gasteiger partial charge in [0.2, 0.25) is 0 Å². The van der Waals surface area contributed by atoms with Crippen molar-refractivity contribution in [2.45, 2.75) is 13.0 Å². The minimum atomic E-state index is -0.953. The second-order valence-corrected chi connectivity index (χ2v) is 6.98. The molecular weight excluding hydrogens is 400 g/mol. The first-order valence-electron chi connectivity index (χ1n) is 9.88. The van der Waals surface area contributed by atoms with Crippen molar-refractivity contribution in [3.05, 3.63) is 60.4 Å². The summed E-state index contributed by atoms with van der Waals surface area (Å²) in [5.41, 5.74) is 2.74. The van der Waals surface area contributed by atoms with Crippen LogP contribution in [0, 0.1) is 0 Å². The van der Waals surface area contributed by atoms with Crippen LogP contribution in [0.25, 0.3) is 5.69 Å². The summed E-state index contributed by atoms with van der Waals surface area (Å²) in [5.74, 6) is -0.994. The highest BCUT2D eigenvalue weighted by Gasteiger charge is 2.19. The molecule has 0 saturated carbocycles. The van der Waals surface area contributed by atoms with Crippen molar-refractivity contribution in [3.8, 4) is 5.69 Å². The van der Waals surface area contributed by atoms with E-state index in [9.17, 15) is 9.59 Å². The number of hydrogen-bond acceptors (Lipinski definition) is 8. The molecule has 3 aromatic rings. The summed E-state index contributed by atoms with van der Waals surface area (Å²) in [6.07, 6.45) is 0.498. The number of anilines is 2. The van der Waals surface area contributed by atoms with Crippen LogP contribution >= 0.6 is 0 Å². The van der Waals surface area contributed by atoms with Crippen LogP contribution in [-0.2, 0) is 14.3 Å². The number of nitrogens with zero attached hydrogens (tertiary/aromatic N) is 5. The lowest BCUT2D eigenvalue weighted by atomic mass is 10.2. The van der Waals surface area contributed by atoms with E-state index in [1.165, 1.54) is 17.9 Å². The van der Waals surface area contributed by atoms with Crippen LogP contribution in [0.2, 0.25) is 0 Å². The molecule has 4 rings (SSSR count). The summed E-state index contributed by atoms with van der Waals surface area (Å²) < 4.78 is 12.1. The summed E-state index contributed by atoms with van der Waals surface area (Å²) in [6.45, 7) is 4.64. The molecule has 0 bridgehead atoms. The van der Waals surface area contributed by atoms with Gasteiger partial charge in [0, 0.05) is 24.5 Å². The van der Waals surface area contributed by atoms with Crippen molar-refractivity contribution in [1.82, 2.24) is 20.2 Å². The highest BCUT2D eigenvalue weighted by molar-refractivity contribution is 5.97. The van der Waals surface area contributed by atoms with Gasteiger partial charge in [0.15, 0.2) is 6.10 Å². The van der Waals surface area contributed by atoms with Crippen LogP contribution in [0.15, 0.2) is 54.9 Å². The van der Waals surface area contributed by atoms with Gasteiger partial charge >= 0.3 is 5.97 Å². The third-order valence-corrected chi connectivity index (χ3v) is 4.88. The Morgan fingerprint density at radius 3 is 2.35 bits per heavy atom. The molecule has 160 valence electrons. The van der Waals surface area contributed by atoms with Crippen LogP contribution in [0.4, 0.5) is 11.4 Å². The Labute approximate surface area is 178 Å². The van der Waals surface area contributed by atoms with Gasteiger partial charge < -0.3 is 19.7 Å². The first kappa shape index (κ1) is 20.5. The van der Waals surface area contributed by atoms with E-state index in [4.69, 9.17) is 9.47 Å². The van der Waals surface area contributed by atoms with Gasteiger partial charge in [-0.1, -0.05) is 0 Å². The number of carbonyl (C=O) groups is 2. The molecule has 1 atom stereocenters. The molecule has 2 aromatic carbocycles. The van der Waals surface area contributed by atoms with Crippen molar-refractivity contribution < 1.29 is 19.1 Å². The fourth-order valence-electron chi connectivity index (χ4n) is 3.13. The molecule has 1 aliphatic rings. The number of nitrogens with one attached hydrogen (secondary N) is 1. The van der Waals surface area contributed by atoms with Crippen molar-refractivity contribution in [2.75, 3.05) is 36.5 Å². The number of morpholine rings is 1. The molecule has 31 heavy (non-hydrogen) atoms. The molecule has 10 heteroatoms. The molecule has 1 amide bonds. The largest absolute Gasteiger partial charge is 0.449 e. The lowest BCUT2D eigenvalue weighted by molar-refractivity contribution is -0.123. The second-order valence-electron chi connectivity index (χ2n) is 6.98. The summed E-state index contributed by atoms with van der Waals surface area (Å²) >= 11 is 0. The molecular formula is C21H22N6O4. The predicted octanol–water partition coefficient (Wildman–Crippen LogP) is 1.68. The Morgan fingerprint density at radius 2 is 1.71 bits per heavy atom. The van der Waals surface area contributed by atoms with E-state index < -0.39 is 18.0 Å². The highest BCUT2D eigenvalue weighted by atomic mass is 16.5. The predicted molar refractivity (Wildman–Crippen MR) is 112 cm³/mol. The number of benzene rings is 2. The summed E-state index contributed by atoms with van der Waals surface area (Å²) in [5, 5.41) is 13.7. The van der Waals surface area contributed by atoms with Gasteiger partial charge in [0.05, 0.1) is 24.5 Å². The minimum absolute atomic E-state index is 0.325. The molecule has 1 aromatic heterocycles. The van der Waals surface area contributed by atoms with E-state index in [2.05, 4.69) is 25.7 Å². The van der Waals surface area contributed by atoms with Gasteiger partial charge in [-0.05, 0) is 65.9 Å². The van der Waals surface area contributed by atoms with E-state index in [1.807, 2.05) is 24.3 Å². The fraction of sp³-hybridized carbons (Fsp3) is 0.286. The van der Waals surface area contributed by atoms with Crippen molar-refractivity contribution >= 4 is 23.3 Å². The van der Waals surface area contributed by atoms with Gasteiger partial charge in [-0.25, -0.2) is 9.48 Å². The van der Waals surface area contributed by atoms with E-state index in [-0.39, 0.29) is 0 Å². The number of tetrazole rings is 1. The number of carbonyl (C=O) groups excluding carboxylic acids is 2. The van der Waals surface area contributed by atoms with Gasteiger partial charge in [-0.2, -0.15) is 0 Å². The molecule has 0 spiro atoms. The SMILES string of the molecule is CC(OC(=O)c1ccc(-n2cnnn2)cc1)C(=O)Nc1ccc(N2CCOCC2)cc1. The number of aromatic nitrogens is 4. The Bertz CT molecular complexity index is 1020. The van der Waals surface area contributed by atoms with Gasteiger partial charge in [-0.15, -0.1) is 5.10 Å². The van der Waals surface area contributed by atoms with Gasteiger partial charge in [0.1, 0.15) is 6.33 Å². The van der Waals surface area contributed by atoms with Crippen LogP contribution < -0.4 is 10.2 Å². The van der Waals surface area contributed by atoms with Crippen LogP contribution in [0.1, 0.15) is 17.3 Å². The molecule has 1 unspecified atom stereocenters. The summed E-state index contributed by atoms with van der Waals surface area (Å²) in [4.78, 5) is 27.0. The minimum Gasteiger partial charge on any atom is -0.449 e. The highest BCUT2D eigenvalue weighted by Crippen LogP contribution is 2.19. The molecule has 0 aliphatic carbocycles. The zero-order chi connectivity index (χ0) is 21.6. The fourth-order valence-corrected chi connectivity index (χ4v) is 3.13. The number of amides is 1. The average Bonchev–Trinajstić information content (AvgIpc) is 3.35. The number of hydrogen-bond donors (Lipinski definition) is 1. The van der Waals surface area contributed by atoms with Crippen molar-refractivity contribution in [1.29, 1.82) is 0 Å². The van der Waals surface area contributed by atoms with Crippen LogP contribution in [0.3, 0.4) is 0 Å². The van der Waals surface area contributed by atoms with Crippen LogP contribution in [0.5, 0.6) is 0 Å². The van der Waals surface area contributed by atoms with Gasteiger partial charge in [0.25, 0.3) is 5.91 Å². The molecule has 1 fully saturated rings. The lowest BCUT2D eigenvalue weighted by Crippen LogP contribution is -2.36. The normalized spacial score (nSPS) is 14.7. The first-order valence-corrected chi connectivity index (χ1v) is 9.88. The van der Waals surface area contributed by atoms with Crippen LogP contribution in [-0.4, -0.2) is 64.5 Å². The summed E-state index contributed by atoms with van der Waals surface area (Å²) in [7, 11) is 0. The van der Waals surface area contributed by atoms with E-state index >= 15 is 0 Å². The standard InChI is InChI=1S/C21H22N6O4/c1-15(31-21(29)16-2-6-19(7-3-16)27-14-22-24-25-27)20(28)23-17-4-8-18(9-5-17)26-10-12-30-13-11-26/h2-9,14-15H,10-13H2,1H3,(H,23,28). The Balaban J connectivity index is 1.31. The molecule has 1 saturated heterocycles. The molecule has 0 radical (unpaired) electrons. The summed E-state index contributed by atoms with van der Waals surface area (Å²) in [6, 6.07) is 14.1. The Kier molecular flexibility index (Phi) is 6.18. The average molecular weight is 422 g/mol. The Hall–Kier alpha value is -3.79. The lowest BCUT2D eigenvalue weighted by Gasteiger charge is -2.28. The quantitative estimate of drug-likeness (QED) is 0.598. The maximum Gasteiger partial charge on any atom is 0.338 e. The van der Waals surface area contributed by atoms with Gasteiger partial charge in [-0.3, -0.25) is 4.79 Å². The van der Waals surface area contributed by atoms with Crippen molar-refractivity contribution in [3.63, 3.8) is 0 Å². The number of ether oxygens (including phenoxy) is 2. The molecule has 1 aliphatic heterocycles. The maximum atomic E-state index is 12.4. The van der Waals surface area contributed by atoms with Crippen molar-refractivity contribution in [2.24, 2.45) is 0 Å². The van der Waals surface area contributed by atoms with E-state index in [0.29, 0.717) is 30.2 Å². The zero-order valence-corrected chi connectivity index (χ0v) is 17.0. The monoisotopic (exact) mass is 422 g/mol. The van der Waals surface area contributed by atoms with E-state index in [0.717, 1.165) is 18.8 Å². The maximum absolute atomic E-state index is 12.4. The number of esters is 1. The molecule has 10 nitrogen and oxygen atoms in total. The topological polar surface area (TPSA) is 111 Å². The number of rotatable bonds is 6.